The summed E-state index contributed by atoms with van der Waals surface area (Å²) in [6.45, 7) is 2.75. The van der Waals surface area contributed by atoms with Crippen LogP contribution in [0.25, 0.3) is 0 Å². The van der Waals surface area contributed by atoms with E-state index in [1.807, 2.05) is 37.4 Å². The summed E-state index contributed by atoms with van der Waals surface area (Å²) >= 11 is 12.9. The summed E-state index contributed by atoms with van der Waals surface area (Å²) < 4.78 is 20.7. The molecule has 0 aliphatic carbocycles. The number of hydrogen-bond acceptors (Lipinski definition) is 8. The van der Waals surface area contributed by atoms with Crippen LogP contribution in [0, 0.1) is 0 Å². The third kappa shape index (κ3) is 8.58. The highest BCUT2D eigenvalue weighted by Crippen LogP contribution is 2.43. The van der Waals surface area contributed by atoms with Gasteiger partial charge < -0.3 is 29.6 Å². The minimum absolute atomic E-state index is 0.0349. The molecule has 0 heterocycles. The quantitative estimate of drug-likeness (QED) is 0.218. The van der Waals surface area contributed by atoms with Crippen molar-refractivity contribution in [3.63, 3.8) is 0 Å². The molecule has 1 atom stereocenters. The highest BCUT2D eigenvalue weighted by atomic mass is 35.5. The molecule has 2 rings (SSSR count). The maximum atomic E-state index is 13.3. The van der Waals surface area contributed by atoms with E-state index in [0.717, 1.165) is 18.5 Å². The zero-order valence-corrected chi connectivity index (χ0v) is 21.9. The summed E-state index contributed by atoms with van der Waals surface area (Å²) in [6, 6.07) is 9.32. The van der Waals surface area contributed by atoms with Gasteiger partial charge in [-0.25, -0.2) is 9.59 Å². The maximum absolute atomic E-state index is 13.3. The van der Waals surface area contributed by atoms with E-state index < -0.39 is 24.1 Å². The summed E-state index contributed by atoms with van der Waals surface area (Å²) in [7, 11) is 3.07. The first-order valence-corrected chi connectivity index (χ1v) is 12.1. The van der Waals surface area contributed by atoms with Gasteiger partial charge in [0.05, 0.1) is 30.9 Å². The lowest BCUT2D eigenvalue weighted by Crippen LogP contribution is -2.43. The van der Waals surface area contributed by atoms with Crippen LogP contribution in [0.5, 0.6) is 11.5 Å². The molecule has 0 unspecified atom stereocenters. The van der Waals surface area contributed by atoms with Gasteiger partial charge in [0.15, 0.2) is 11.5 Å². The van der Waals surface area contributed by atoms with Crippen molar-refractivity contribution in [1.29, 1.82) is 0 Å². The van der Waals surface area contributed by atoms with Gasteiger partial charge in [-0.1, -0.05) is 53.5 Å². The Bertz CT molecular complexity index is 1030. The average Bonchev–Trinajstić information content (AvgIpc) is 2.87. The molecule has 11 heteroatoms. The second-order valence-electron chi connectivity index (χ2n) is 7.56. The Morgan fingerprint density at radius 2 is 1.78 bits per heavy atom. The summed E-state index contributed by atoms with van der Waals surface area (Å²) in [5.41, 5.74) is 0.622. The number of hydrogen-bond donors (Lipinski definition) is 2. The van der Waals surface area contributed by atoms with Gasteiger partial charge in [-0.05, 0) is 45.0 Å². The number of benzene rings is 2. The Morgan fingerprint density at radius 1 is 1.06 bits per heavy atom. The molecule has 2 aromatic rings. The maximum Gasteiger partial charge on any atom is 0.513 e. The molecule has 0 saturated carbocycles. The summed E-state index contributed by atoms with van der Waals surface area (Å²) in [5, 5.41) is 5.51. The number of ether oxygens (including phenoxy) is 4. The van der Waals surface area contributed by atoms with Gasteiger partial charge in [0, 0.05) is 6.42 Å². The van der Waals surface area contributed by atoms with Gasteiger partial charge in [0.1, 0.15) is 11.1 Å². The van der Waals surface area contributed by atoms with Gasteiger partial charge >= 0.3 is 12.1 Å². The molecule has 0 radical (unpaired) electrons. The summed E-state index contributed by atoms with van der Waals surface area (Å²) in [5.74, 6) is -1.65. The number of esters is 1. The van der Waals surface area contributed by atoms with Crippen molar-refractivity contribution in [2.75, 3.05) is 33.9 Å². The molecular formula is C25H30Cl2N2O7. The Hall–Kier alpha value is -3.01. The number of nitrogens with one attached hydrogen (secondary N) is 2. The van der Waals surface area contributed by atoms with Gasteiger partial charge in [0.2, 0.25) is 0 Å². The third-order valence-electron chi connectivity index (χ3n) is 4.96. The fraction of sp³-hybridized carbons (Fsp3) is 0.400. The second kappa shape index (κ2) is 15.2. The molecule has 1 amide bonds. The number of halogens is 2. The zero-order chi connectivity index (χ0) is 26.5. The van der Waals surface area contributed by atoms with Crippen molar-refractivity contribution >= 4 is 41.2 Å². The number of amides is 1. The summed E-state index contributed by atoms with van der Waals surface area (Å²) in [6.07, 6.45) is 0.672. The smallest absolute Gasteiger partial charge is 0.490 e. The van der Waals surface area contributed by atoms with E-state index in [2.05, 4.69) is 10.6 Å². The predicted molar refractivity (Wildman–Crippen MR) is 136 cm³/mol. The molecule has 196 valence electrons. The van der Waals surface area contributed by atoms with Crippen molar-refractivity contribution in [3.8, 4) is 11.5 Å². The average molecular weight is 541 g/mol. The van der Waals surface area contributed by atoms with Crippen molar-refractivity contribution in [1.82, 2.24) is 10.6 Å². The van der Waals surface area contributed by atoms with Crippen molar-refractivity contribution in [3.05, 3.63) is 57.6 Å². The molecule has 0 fully saturated rings. The van der Waals surface area contributed by atoms with E-state index in [4.69, 9.17) is 42.1 Å². The van der Waals surface area contributed by atoms with Crippen LogP contribution in [-0.2, 0) is 20.7 Å². The lowest BCUT2D eigenvalue weighted by molar-refractivity contribution is -0.142. The Labute approximate surface area is 220 Å². The summed E-state index contributed by atoms with van der Waals surface area (Å²) in [4.78, 5) is 37.7. The van der Waals surface area contributed by atoms with Crippen LogP contribution >= 0.6 is 23.2 Å². The standard InChI is InChI=1S/C25H30Cl2N2O7/c1-4-34-25(32)36-21-17(15-18(26)22(20(21)27)35-13-9-8-12-28-2)23(30)29-19(24(31)33-3)14-16-10-6-5-7-11-16/h5-7,10-11,15,19,28H,4,8-9,12-14H2,1-3H3,(H,29,30)/t19-/m0/s1. The molecule has 0 bridgehead atoms. The number of unbranched alkanes of at least 4 members (excludes halogenated alkanes) is 1. The van der Waals surface area contributed by atoms with E-state index >= 15 is 0 Å². The third-order valence-corrected chi connectivity index (χ3v) is 5.59. The lowest BCUT2D eigenvalue weighted by Gasteiger charge is -2.20. The van der Waals surface area contributed by atoms with E-state index in [1.54, 1.807) is 6.92 Å². The van der Waals surface area contributed by atoms with Crippen LogP contribution in [0.2, 0.25) is 10.0 Å². The van der Waals surface area contributed by atoms with Crippen molar-refractivity contribution < 1.29 is 33.3 Å². The number of rotatable bonds is 13. The minimum Gasteiger partial charge on any atom is -0.490 e. The van der Waals surface area contributed by atoms with Gasteiger partial charge in [-0.15, -0.1) is 0 Å². The highest BCUT2D eigenvalue weighted by molar-refractivity contribution is 6.39. The molecule has 2 aromatic carbocycles. The molecule has 0 aromatic heterocycles. The molecule has 0 aliphatic rings. The predicted octanol–water partition coefficient (Wildman–Crippen LogP) is 4.42. The van der Waals surface area contributed by atoms with Crippen molar-refractivity contribution in [2.24, 2.45) is 0 Å². The Balaban J connectivity index is 2.36. The lowest BCUT2D eigenvalue weighted by atomic mass is 10.1. The molecular weight excluding hydrogens is 511 g/mol. The molecule has 36 heavy (non-hydrogen) atoms. The molecule has 0 saturated heterocycles. The van der Waals surface area contributed by atoms with E-state index in [9.17, 15) is 14.4 Å². The normalized spacial score (nSPS) is 11.4. The first-order valence-electron chi connectivity index (χ1n) is 11.4. The van der Waals surface area contributed by atoms with Crippen LogP contribution in [-0.4, -0.2) is 58.0 Å². The van der Waals surface area contributed by atoms with E-state index in [1.165, 1.54) is 13.2 Å². The van der Waals surface area contributed by atoms with E-state index in [-0.39, 0.29) is 40.1 Å². The molecule has 2 N–H and O–H groups in total. The van der Waals surface area contributed by atoms with Crippen LogP contribution in [0.15, 0.2) is 36.4 Å². The number of carbonyl (C=O) groups excluding carboxylic acids is 3. The molecule has 0 aliphatic heterocycles. The SMILES string of the molecule is CCOC(=O)Oc1c(C(=O)N[C@@H](Cc2ccccc2)C(=O)OC)cc(Cl)c(OCCCCNC)c1Cl. The fourth-order valence-corrected chi connectivity index (χ4v) is 3.82. The van der Waals surface area contributed by atoms with Gasteiger partial charge in [-0.3, -0.25) is 4.79 Å². The first kappa shape index (κ1) is 29.2. The largest absolute Gasteiger partial charge is 0.513 e. The number of carbonyl (C=O) groups is 3. The van der Waals surface area contributed by atoms with Crippen LogP contribution < -0.4 is 20.1 Å². The Morgan fingerprint density at radius 3 is 2.42 bits per heavy atom. The topological polar surface area (TPSA) is 112 Å². The second-order valence-corrected chi connectivity index (χ2v) is 8.35. The molecule has 0 spiro atoms. The zero-order valence-electron chi connectivity index (χ0n) is 20.4. The molecule has 9 nitrogen and oxygen atoms in total. The van der Waals surface area contributed by atoms with Gasteiger partial charge in [0.25, 0.3) is 5.91 Å². The van der Waals surface area contributed by atoms with Crippen LogP contribution in [0.1, 0.15) is 35.7 Å². The Kier molecular flexibility index (Phi) is 12.3. The highest BCUT2D eigenvalue weighted by Gasteiger charge is 2.29. The minimum atomic E-state index is -1.07. The van der Waals surface area contributed by atoms with Gasteiger partial charge in [-0.2, -0.15) is 0 Å². The van der Waals surface area contributed by atoms with E-state index in [0.29, 0.717) is 13.0 Å². The first-order chi connectivity index (χ1) is 17.3. The monoisotopic (exact) mass is 540 g/mol. The van der Waals surface area contributed by atoms with Crippen molar-refractivity contribution in [2.45, 2.75) is 32.2 Å². The number of methoxy groups -OCH3 is 1. The van der Waals surface area contributed by atoms with Crippen LogP contribution in [0.3, 0.4) is 0 Å². The fourth-order valence-electron chi connectivity index (χ4n) is 3.21. The van der Waals surface area contributed by atoms with Crippen LogP contribution in [0.4, 0.5) is 4.79 Å².